The Bertz CT molecular complexity index is 474. The summed E-state index contributed by atoms with van der Waals surface area (Å²) >= 11 is 1.64. The molecule has 0 spiro atoms. The van der Waals surface area contributed by atoms with E-state index in [4.69, 9.17) is 5.11 Å². The normalized spacial score (nSPS) is 10.2. The van der Waals surface area contributed by atoms with Gasteiger partial charge in [-0.25, -0.2) is 0 Å². The molecule has 1 aromatic heterocycles. The molecule has 4 nitrogen and oxygen atoms in total. The Hall–Kier alpha value is -1.35. The lowest BCUT2D eigenvalue weighted by molar-refractivity contribution is -0.122. The number of hydrogen-bond acceptors (Lipinski definition) is 4. The van der Waals surface area contributed by atoms with Crippen LogP contribution in [0.2, 0.25) is 0 Å². The maximum atomic E-state index is 11.6. The van der Waals surface area contributed by atoms with Crippen LogP contribution in [0.1, 0.15) is 30.2 Å². The van der Waals surface area contributed by atoms with Gasteiger partial charge in [0.2, 0.25) is 5.91 Å². The van der Waals surface area contributed by atoms with E-state index in [1.54, 1.807) is 11.3 Å². The molecule has 0 aromatic carbocycles. The van der Waals surface area contributed by atoms with Crippen molar-refractivity contribution < 1.29 is 9.90 Å². The molecule has 0 saturated heterocycles. The average molecular weight is 294 g/mol. The van der Waals surface area contributed by atoms with Crippen LogP contribution in [0.25, 0.3) is 0 Å². The Morgan fingerprint density at radius 1 is 1.55 bits per heavy atom. The molecule has 20 heavy (non-hydrogen) atoms. The molecular formula is C15H22N2O2S. The van der Waals surface area contributed by atoms with Crippen molar-refractivity contribution in [1.29, 1.82) is 0 Å². The van der Waals surface area contributed by atoms with Crippen molar-refractivity contribution in [2.24, 2.45) is 0 Å². The summed E-state index contributed by atoms with van der Waals surface area (Å²) in [5.74, 6) is 6.04. The second-order valence-electron chi connectivity index (χ2n) is 4.56. The summed E-state index contributed by atoms with van der Waals surface area (Å²) in [6.07, 6.45) is 1.44. The molecule has 0 radical (unpaired) electrons. The molecule has 0 atom stereocenters. The Morgan fingerprint density at radius 2 is 2.35 bits per heavy atom. The van der Waals surface area contributed by atoms with Crippen molar-refractivity contribution in [1.82, 2.24) is 10.2 Å². The molecule has 1 amide bonds. The fourth-order valence-electron chi connectivity index (χ4n) is 1.65. The number of thiophene rings is 1. The number of carbonyl (C=O) groups excluding carboxylic acids is 1. The van der Waals surface area contributed by atoms with Gasteiger partial charge in [-0.05, 0) is 24.9 Å². The van der Waals surface area contributed by atoms with E-state index >= 15 is 0 Å². The van der Waals surface area contributed by atoms with Crippen LogP contribution < -0.4 is 5.32 Å². The van der Waals surface area contributed by atoms with E-state index in [0.29, 0.717) is 19.5 Å². The van der Waals surface area contributed by atoms with Gasteiger partial charge in [0.1, 0.15) is 0 Å². The van der Waals surface area contributed by atoms with Crippen molar-refractivity contribution in [2.45, 2.75) is 26.3 Å². The fraction of sp³-hybridized carbons (Fsp3) is 0.533. The maximum Gasteiger partial charge on any atom is 0.234 e. The van der Waals surface area contributed by atoms with Crippen molar-refractivity contribution in [3.8, 4) is 11.8 Å². The predicted octanol–water partition coefficient (Wildman–Crippen LogP) is 1.44. The second kappa shape index (κ2) is 9.54. The molecule has 1 rings (SSSR count). The number of rotatable bonds is 7. The van der Waals surface area contributed by atoms with E-state index in [1.807, 2.05) is 30.3 Å². The minimum absolute atomic E-state index is 0.0545. The van der Waals surface area contributed by atoms with Crippen molar-refractivity contribution in [3.05, 3.63) is 21.9 Å². The number of aliphatic hydroxyl groups excluding tert-OH is 1. The Morgan fingerprint density at radius 3 is 3.05 bits per heavy atom. The van der Waals surface area contributed by atoms with Crippen LogP contribution in [0.15, 0.2) is 11.4 Å². The summed E-state index contributed by atoms with van der Waals surface area (Å²) in [5.41, 5.74) is 0.990. The zero-order valence-electron chi connectivity index (χ0n) is 12.1. The third kappa shape index (κ3) is 6.20. The smallest absolute Gasteiger partial charge is 0.234 e. The number of amides is 1. The number of nitrogens with one attached hydrogen (secondary N) is 1. The van der Waals surface area contributed by atoms with E-state index in [0.717, 1.165) is 23.4 Å². The van der Waals surface area contributed by atoms with Gasteiger partial charge >= 0.3 is 0 Å². The highest BCUT2D eigenvalue weighted by Crippen LogP contribution is 2.17. The first-order chi connectivity index (χ1) is 9.67. The molecule has 0 aliphatic carbocycles. The number of aliphatic hydroxyl groups is 1. The Labute approximate surface area is 124 Å². The van der Waals surface area contributed by atoms with E-state index < -0.39 is 0 Å². The van der Waals surface area contributed by atoms with Gasteiger partial charge in [-0.3, -0.25) is 9.69 Å². The molecule has 2 N–H and O–H groups in total. The molecule has 0 fully saturated rings. The third-order valence-electron chi connectivity index (χ3n) is 2.60. The first-order valence-corrected chi connectivity index (χ1v) is 7.66. The second-order valence-corrected chi connectivity index (χ2v) is 5.56. The number of nitrogens with zero attached hydrogens (tertiary/aromatic N) is 1. The van der Waals surface area contributed by atoms with Crippen molar-refractivity contribution in [2.75, 3.05) is 26.7 Å². The minimum Gasteiger partial charge on any atom is -0.395 e. The van der Waals surface area contributed by atoms with Gasteiger partial charge in [0.15, 0.2) is 0 Å². The van der Waals surface area contributed by atoms with Crippen LogP contribution in [-0.4, -0.2) is 42.7 Å². The fourth-order valence-corrected chi connectivity index (χ4v) is 2.56. The van der Waals surface area contributed by atoms with Crippen molar-refractivity contribution in [3.63, 3.8) is 0 Å². The quantitative estimate of drug-likeness (QED) is 0.748. The highest BCUT2D eigenvalue weighted by Gasteiger charge is 2.09. The van der Waals surface area contributed by atoms with Gasteiger partial charge in [-0.1, -0.05) is 18.8 Å². The molecule has 1 aromatic rings. The molecule has 0 aliphatic rings. The first kappa shape index (κ1) is 16.7. The zero-order valence-corrected chi connectivity index (χ0v) is 12.9. The standard InChI is InChI=1S/C15H22N2O2S/c1-3-8-16-15(19)12-17(2)11-14-13(7-10-20-14)6-4-5-9-18/h7,10,18H,3,5,8-9,11-12H2,1-2H3,(H,16,19). The molecule has 0 aliphatic heterocycles. The van der Waals surface area contributed by atoms with Gasteiger partial charge in [0, 0.05) is 30.0 Å². The third-order valence-corrected chi connectivity index (χ3v) is 3.51. The molecular weight excluding hydrogens is 272 g/mol. The lowest BCUT2D eigenvalue weighted by atomic mass is 10.2. The Kier molecular flexibility index (Phi) is 7.97. The number of carbonyl (C=O) groups is 1. The van der Waals surface area contributed by atoms with Crippen LogP contribution >= 0.6 is 11.3 Å². The van der Waals surface area contributed by atoms with E-state index in [-0.39, 0.29) is 12.5 Å². The van der Waals surface area contributed by atoms with Crippen LogP contribution in [0, 0.1) is 11.8 Å². The minimum atomic E-state index is 0.0545. The summed E-state index contributed by atoms with van der Waals surface area (Å²) < 4.78 is 0. The van der Waals surface area contributed by atoms with Crippen LogP contribution in [0.5, 0.6) is 0 Å². The van der Waals surface area contributed by atoms with Crippen LogP contribution in [0.4, 0.5) is 0 Å². The molecule has 5 heteroatoms. The maximum absolute atomic E-state index is 11.6. The Balaban J connectivity index is 2.50. The molecule has 1 heterocycles. The molecule has 0 bridgehead atoms. The van der Waals surface area contributed by atoms with E-state index in [2.05, 4.69) is 17.2 Å². The summed E-state index contributed by atoms with van der Waals surface area (Å²) in [6, 6.07) is 1.98. The van der Waals surface area contributed by atoms with Crippen LogP contribution in [-0.2, 0) is 11.3 Å². The van der Waals surface area contributed by atoms with E-state index in [1.165, 1.54) is 0 Å². The summed E-state index contributed by atoms with van der Waals surface area (Å²) in [6.45, 7) is 3.95. The predicted molar refractivity (Wildman–Crippen MR) is 82.5 cm³/mol. The summed E-state index contributed by atoms with van der Waals surface area (Å²) in [4.78, 5) is 14.8. The number of hydrogen-bond donors (Lipinski definition) is 2. The highest BCUT2D eigenvalue weighted by molar-refractivity contribution is 7.10. The lowest BCUT2D eigenvalue weighted by Crippen LogP contribution is -2.35. The van der Waals surface area contributed by atoms with E-state index in [9.17, 15) is 4.79 Å². The first-order valence-electron chi connectivity index (χ1n) is 6.78. The number of likely N-dealkylation sites (N-methyl/N-ethyl adjacent to an activating group) is 1. The van der Waals surface area contributed by atoms with Gasteiger partial charge < -0.3 is 10.4 Å². The molecule has 0 saturated carbocycles. The van der Waals surface area contributed by atoms with Crippen molar-refractivity contribution >= 4 is 17.2 Å². The van der Waals surface area contributed by atoms with Gasteiger partial charge in [0.25, 0.3) is 0 Å². The summed E-state index contributed by atoms with van der Waals surface area (Å²) in [5, 5.41) is 13.6. The molecule has 0 unspecified atom stereocenters. The lowest BCUT2D eigenvalue weighted by Gasteiger charge is -2.15. The van der Waals surface area contributed by atoms with Gasteiger partial charge in [0.05, 0.1) is 13.2 Å². The zero-order chi connectivity index (χ0) is 14.8. The largest absolute Gasteiger partial charge is 0.395 e. The van der Waals surface area contributed by atoms with Gasteiger partial charge in [-0.2, -0.15) is 0 Å². The molecule has 110 valence electrons. The van der Waals surface area contributed by atoms with Gasteiger partial charge in [-0.15, -0.1) is 11.3 Å². The van der Waals surface area contributed by atoms with Crippen LogP contribution in [0.3, 0.4) is 0 Å². The monoisotopic (exact) mass is 294 g/mol. The topological polar surface area (TPSA) is 52.6 Å². The SMILES string of the molecule is CCCNC(=O)CN(C)Cc1sccc1C#CCCO. The average Bonchev–Trinajstić information content (AvgIpc) is 2.84. The summed E-state index contributed by atoms with van der Waals surface area (Å²) in [7, 11) is 1.93. The highest BCUT2D eigenvalue weighted by atomic mass is 32.1.